The maximum absolute atomic E-state index is 9.03. The van der Waals surface area contributed by atoms with Gasteiger partial charge in [-0.2, -0.15) is 11.8 Å². The van der Waals surface area contributed by atoms with E-state index in [0.717, 1.165) is 24.0 Å². The van der Waals surface area contributed by atoms with Crippen LogP contribution in [0.5, 0.6) is 0 Å². The van der Waals surface area contributed by atoms with E-state index >= 15 is 0 Å². The van der Waals surface area contributed by atoms with Crippen LogP contribution in [0.15, 0.2) is 10.6 Å². The largest absolute Gasteiger partial charge is 0.445 e. The van der Waals surface area contributed by atoms with E-state index in [4.69, 9.17) is 9.52 Å². The van der Waals surface area contributed by atoms with Gasteiger partial charge < -0.3 is 9.52 Å². The summed E-state index contributed by atoms with van der Waals surface area (Å²) in [5.41, 5.74) is 0. The fourth-order valence-corrected chi connectivity index (χ4v) is 3.14. The molecule has 1 N–H and O–H groups in total. The minimum atomic E-state index is 0.0585. The van der Waals surface area contributed by atoms with Gasteiger partial charge in [0.2, 0.25) is 0 Å². The number of aliphatic hydroxyl groups excluding tert-OH is 1. The van der Waals surface area contributed by atoms with Crippen molar-refractivity contribution >= 4 is 11.8 Å². The van der Waals surface area contributed by atoms with Crippen LogP contribution in [0.2, 0.25) is 0 Å². The molecule has 1 aromatic rings. The Morgan fingerprint density at radius 3 is 3.00 bits per heavy atom. The SMILES string of the molecule is CC(CO)c1cnc(CC2CCSCC2)o1. The second kappa shape index (κ2) is 5.73. The van der Waals surface area contributed by atoms with Crippen molar-refractivity contribution in [1.82, 2.24) is 4.98 Å². The minimum Gasteiger partial charge on any atom is -0.445 e. The number of nitrogens with zero attached hydrogens (tertiary/aromatic N) is 1. The highest BCUT2D eigenvalue weighted by Gasteiger charge is 2.18. The molecule has 2 heterocycles. The van der Waals surface area contributed by atoms with Crippen molar-refractivity contribution in [2.24, 2.45) is 5.92 Å². The van der Waals surface area contributed by atoms with Crippen LogP contribution >= 0.6 is 11.8 Å². The summed E-state index contributed by atoms with van der Waals surface area (Å²) in [5, 5.41) is 9.03. The van der Waals surface area contributed by atoms with E-state index in [0.29, 0.717) is 0 Å². The van der Waals surface area contributed by atoms with Crippen molar-refractivity contribution in [2.75, 3.05) is 18.1 Å². The molecule has 0 saturated carbocycles. The van der Waals surface area contributed by atoms with E-state index in [-0.39, 0.29) is 12.5 Å². The lowest BCUT2D eigenvalue weighted by atomic mass is 9.99. The summed E-state index contributed by atoms with van der Waals surface area (Å²) in [5.74, 6) is 4.98. The second-order valence-corrected chi connectivity index (χ2v) is 5.72. The molecule has 16 heavy (non-hydrogen) atoms. The third-order valence-corrected chi connectivity index (χ3v) is 4.18. The van der Waals surface area contributed by atoms with E-state index in [2.05, 4.69) is 4.98 Å². The number of oxazole rings is 1. The predicted octanol–water partition coefficient (Wildman–Crippen LogP) is 2.46. The van der Waals surface area contributed by atoms with Crippen LogP contribution in [0.1, 0.15) is 37.3 Å². The fraction of sp³-hybridized carbons (Fsp3) is 0.750. The van der Waals surface area contributed by atoms with Crippen molar-refractivity contribution in [2.45, 2.75) is 32.1 Å². The van der Waals surface area contributed by atoms with E-state index in [9.17, 15) is 0 Å². The summed E-state index contributed by atoms with van der Waals surface area (Å²) >= 11 is 2.04. The first kappa shape index (κ1) is 12.0. The number of aromatic nitrogens is 1. The number of hydrogen-bond donors (Lipinski definition) is 1. The first-order valence-corrected chi connectivity index (χ1v) is 7.08. The van der Waals surface area contributed by atoms with Gasteiger partial charge in [0.05, 0.1) is 12.8 Å². The molecular weight excluding hydrogens is 222 g/mol. The van der Waals surface area contributed by atoms with E-state index in [1.165, 1.54) is 24.3 Å². The second-order valence-electron chi connectivity index (χ2n) is 4.50. The molecule has 0 bridgehead atoms. The quantitative estimate of drug-likeness (QED) is 0.879. The maximum atomic E-state index is 9.03. The molecular formula is C12H19NO2S. The number of hydrogen-bond acceptors (Lipinski definition) is 4. The number of aliphatic hydroxyl groups is 1. The smallest absolute Gasteiger partial charge is 0.194 e. The standard InChI is InChI=1S/C12H19NO2S/c1-9(8-14)11-7-13-12(15-11)6-10-2-4-16-5-3-10/h7,9-10,14H,2-6,8H2,1H3. The lowest BCUT2D eigenvalue weighted by molar-refractivity contribution is 0.254. The summed E-state index contributed by atoms with van der Waals surface area (Å²) in [4.78, 5) is 4.29. The number of thioether (sulfide) groups is 1. The molecule has 1 aliphatic rings. The summed E-state index contributed by atoms with van der Waals surface area (Å²) in [6, 6.07) is 0. The van der Waals surface area contributed by atoms with Gasteiger partial charge >= 0.3 is 0 Å². The average Bonchev–Trinajstić information content (AvgIpc) is 2.78. The summed E-state index contributed by atoms with van der Waals surface area (Å²) in [6.45, 7) is 2.07. The Morgan fingerprint density at radius 1 is 1.56 bits per heavy atom. The zero-order valence-corrected chi connectivity index (χ0v) is 10.5. The van der Waals surface area contributed by atoms with Crippen LogP contribution in [0.25, 0.3) is 0 Å². The lowest BCUT2D eigenvalue weighted by Gasteiger charge is -2.19. The molecule has 0 aliphatic carbocycles. The Balaban J connectivity index is 1.91. The zero-order chi connectivity index (χ0) is 11.4. The fourth-order valence-electron chi connectivity index (χ4n) is 1.93. The van der Waals surface area contributed by atoms with Crippen LogP contribution in [-0.4, -0.2) is 28.2 Å². The van der Waals surface area contributed by atoms with Crippen LogP contribution in [0, 0.1) is 5.92 Å². The van der Waals surface area contributed by atoms with Gasteiger partial charge in [0.15, 0.2) is 5.89 Å². The normalized spacial score (nSPS) is 19.9. The van der Waals surface area contributed by atoms with Crippen molar-refractivity contribution in [1.29, 1.82) is 0 Å². The highest BCUT2D eigenvalue weighted by molar-refractivity contribution is 7.99. The highest BCUT2D eigenvalue weighted by atomic mass is 32.2. The monoisotopic (exact) mass is 241 g/mol. The first-order chi connectivity index (χ1) is 7.79. The Labute approximate surface area is 101 Å². The van der Waals surface area contributed by atoms with Gasteiger partial charge in [-0.1, -0.05) is 6.92 Å². The van der Waals surface area contributed by atoms with Gasteiger partial charge in [-0.3, -0.25) is 0 Å². The van der Waals surface area contributed by atoms with E-state index in [1.807, 2.05) is 18.7 Å². The molecule has 1 aliphatic heterocycles. The minimum absolute atomic E-state index is 0.0585. The third kappa shape index (κ3) is 3.01. The topological polar surface area (TPSA) is 46.3 Å². The lowest BCUT2D eigenvalue weighted by Crippen LogP contribution is -2.12. The molecule has 0 spiro atoms. The number of rotatable bonds is 4. The first-order valence-electron chi connectivity index (χ1n) is 5.92. The van der Waals surface area contributed by atoms with E-state index < -0.39 is 0 Å². The van der Waals surface area contributed by atoms with Crippen LogP contribution < -0.4 is 0 Å². The van der Waals surface area contributed by atoms with Crippen LogP contribution in [-0.2, 0) is 6.42 Å². The molecule has 0 amide bonds. The molecule has 4 heteroatoms. The molecule has 1 atom stereocenters. The van der Waals surface area contributed by atoms with Gasteiger partial charge in [-0.15, -0.1) is 0 Å². The Morgan fingerprint density at radius 2 is 2.31 bits per heavy atom. The third-order valence-electron chi connectivity index (χ3n) is 3.14. The molecule has 2 rings (SSSR count). The van der Waals surface area contributed by atoms with Gasteiger partial charge in [0.25, 0.3) is 0 Å². The Bertz CT molecular complexity index is 321. The molecule has 1 aromatic heterocycles. The molecule has 90 valence electrons. The Kier molecular flexibility index (Phi) is 4.29. The molecule has 0 aromatic carbocycles. The average molecular weight is 241 g/mol. The zero-order valence-electron chi connectivity index (χ0n) is 9.69. The van der Waals surface area contributed by atoms with Crippen LogP contribution in [0.4, 0.5) is 0 Å². The predicted molar refractivity (Wildman–Crippen MR) is 65.8 cm³/mol. The highest BCUT2D eigenvalue weighted by Crippen LogP contribution is 2.26. The van der Waals surface area contributed by atoms with Crippen molar-refractivity contribution in [3.63, 3.8) is 0 Å². The molecule has 0 radical (unpaired) electrons. The van der Waals surface area contributed by atoms with Gasteiger partial charge in [-0.05, 0) is 30.3 Å². The molecule has 1 fully saturated rings. The molecule has 1 unspecified atom stereocenters. The van der Waals surface area contributed by atoms with Gasteiger partial charge in [-0.25, -0.2) is 4.98 Å². The van der Waals surface area contributed by atoms with Crippen molar-refractivity contribution in [3.8, 4) is 0 Å². The van der Waals surface area contributed by atoms with Gasteiger partial charge in [0.1, 0.15) is 5.76 Å². The maximum Gasteiger partial charge on any atom is 0.194 e. The summed E-state index contributed by atoms with van der Waals surface area (Å²) in [6.07, 6.45) is 5.27. The van der Waals surface area contributed by atoms with Gasteiger partial charge in [0, 0.05) is 12.3 Å². The van der Waals surface area contributed by atoms with E-state index in [1.54, 1.807) is 6.20 Å². The molecule has 1 saturated heterocycles. The van der Waals surface area contributed by atoms with Crippen molar-refractivity contribution in [3.05, 3.63) is 17.8 Å². The summed E-state index contributed by atoms with van der Waals surface area (Å²) in [7, 11) is 0. The Hall–Kier alpha value is -0.480. The van der Waals surface area contributed by atoms with Crippen molar-refractivity contribution < 1.29 is 9.52 Å². The molecule has 3 nitrogen and oxygen atoms in total. The van der Waals surface area contributed by atoms with Crippen LogP contribution in [0.3, 0.4) is 0 Å². The summed E-state index contributed by atoms with van der Waals surface area (Å²) < 4.78 is 5.66.